The van der Waals surface area contributed by atoms with Gasteiger partial charge in [0.2, 0.25) is 0 Å². The lowest BCUT2D eigenvalue weighted by atomic mass is 10.2. The van der Waals surface area contributed by atoms with Crippen LogP contribution in [-0.4, -0.2) is 25.8 Å². The highest BCUT2D eigenvalue weighted by molar-refractivity contribution is 5.66. The van der Waals surface area contributed by atoms with Crippen molar-refractivity contribution in [2.45, 2.75) is 32.2 Å². The predicted molar refractivity (Wildman–Crippen MR) is 50.8 cm³/mol. The average molecular weight is 208 g/mol. The molecule has 1 rings (SSSR count). The van der Waals surface area contributed by atoms with E-state index in [-0.39, 0.29) is 12.2 Å². The Bertz CT molecular complexity index is 366. The number of carbonyl (C=O) groups is 1. The van der Waals surface area contributed by atoms with Crippen LogP contribution in [-0.2, 0) is 11.3 Å². The van der Waals surface area contributed by atoms with Gasteiger partial charge in [0.05, 0.1) is 0 Å². The van der Waals surface area contributed by atoms with E-state index in [0.717, 1.165) is 12.8 Å². The Hall–Kier alpha value is -1.90. The molecular formula is C9H12N4O2. The van der Waals surface area contributed by atoms with E-state index in [1.807, 2.05) is 6.07 Å². The highest BCUT2D eigenvalue weighted by Gasteiger charge is 1.99. The Labute approximate surface area is 87.2 Å². The minimum Gasteiger partial charge on any atom is -0.481 e. The molecule has 0 saturated carbocycles. The van der Waals surface area contributed by atoms with Crippen LogP contribution < -0.4 is 0 Å². The van der Waals surface area contributed by atoms with Gasteiger partial charge in [-0.2, -0.15) is 5.26 Å². The molecule has 1 heterocycles. The van der Waals surface area contributed by atoms with Gasteiger partial charge in [0, 0.05) is 13.0 Å². The molecule has 0 spiro atoms. The summed E-state index contributed by atoms with van der Waals surface area (Å²) >= 11 is 0. The maximum Gasteiger partial charge on any atom is 0.303 e. The highest BCUT2D eigenvalue weighted by Crippen LogP contribution is 2.01. The summed E-state index contributed by atoms with van der Waals surface area (Å²) in [6, 6.07) is 1.84. The quantitative estimate of drug-likeness (QED) is 0.698. The third-order valence-corrected chi connectivity index (χ3v) is 1.91. The van der Waals surface area contributed by atoms with Crippen molar-refractivity contribution in [2.75, 3.05) is 0 Å². The molecule has 0 atom stereocenters. The lowest BCUT2D eigenvalue weighted by molar-refractivity contribution is -0.137. The molecule has 1 N–H and O–H groups in total. The van der Waals surface area contributed by atoms with Crippen LogP contribution in [0.15, 0.2) is 6.33 Å². The smallest absolute Gasteiger partial charge is 0.303 e. The molecule has 0 fully saturated rings. The molecule has 0 bridgehead atoms. The lowest BCUT2D eigenvalue weighted by Crippen LogP contribution is -2.00. The molecule has 0 radical (unpaired) electrons. The lowest BCUT2D eigenvalue weighted by Gasteiger charge is -1.99. The number of nitriles is 1. The van der Waals surface area contributed by atoms with Crippen LogP contribution >= 0.6 is 0 Å². The van der Waals surface area contributed by atoms with Gasteiger partial charge in [-0.3, -0.25) is 9.48 Å². The third kappa shape index (κ3) is 4.22. The second-order valence-corrected chi connectivity index (χ2v) is 3.15. The first-order chi connectivity index (χ1) is 7.22. The zero-order valence-corrected chi connectivity index (χ0v) is 8.26. The molecule has 0 aliphatic carbocycles. The first kappa shape index (κ1) is 11.2. The van der Waals surface area contributed by atoms with Crippen molar-refractivity contribution in [3.63, 3.8) is 0 Å². The van der Waals surface area contributed by atoms with E-state index >= 15 is 0 Å². The zero-order chi connectivity index (χ0) is 11.1. The molecule has 6 heteroatoms. The summed E-state index contributed by atoms with van der Waals surface area (Å²) in [7, 11) is 0. The minimum atomic E-state index is -0.762. The fourth-order valence-electron chi connectivity index (χ4n) is 1.18. The number of carboxylic acids is 1. The van der Waals surface area contributed by atoms with Crippen molar-refractivity contribution in [2.24, 2.45) is 0 Å². The molecule has 0 aliphatic rings. The number of carboxylic acid groups (broad SMARTS) is 1. The van der Waals surface area contributed by atoms with Crippen LogP contribution in [0.5, 0.6) is 0 Å². The summed E-state index contributed by atoms with van der Waals surface area (Å²) in [5, 5.41) is 20.8. The maximum absolute atomic E-state index is 10.2. The Morgan fingerprint density at radius 2 is 2.33 bits per heavy atom. The summed E-state index contributed by atoms with van der Waals surface area (Å²) in [4.78, 5) is 14.0. The molecule has 6 nitrogen and oxygen atoms in total. The van der Waals surface area contributed by atoms with E-state index in [9.17, 15) is 4.79 Å². The van der Waals surface area contributed by atoms with E-state index in [2.05, 4.69) is 10.1 Å². The Morgan fingerprint density at radius 1 is 1.53 bits per heavy atom. The van der Waals surface area contributed by atoms with Gasteiger partial charge in [-0.15, -0.1) is 5.10 Å². The molecular weight excluding hydrogens is 196 g/mol. The van der Waals surface area contributed by atoms with Crippen LogP contribution in [0.1, 0.15) is 31.5 Å². The van der Waals surface area contributed by atoms with Crippen molar-refractivity contribution in [3.8, 4) is 6.07 Å². The van der Waals surface area contributed by atoms with Gasteiger partial charge in [0.1, 0.15) is 12.4 Å². The van der Waals surface area contributed by atoms with Crippen LogP contribution in [0.4, 0.5) is 0 Å². The maximum atomic E-state index is 10.2. The van der Waals surface area contributed by atoms with E-state index in [4.69, 9.17) is 10.4 Å². The molecule has 0 unspecified atom stereocenters. The molecule has 15 heavy (non-hydrogen) atoms. The normalized spacial score (nSPS) is 9.80. The van der Waals surface area contributed by atoms with Crippen molar-refractivity contribution >= 4 is 5.97 Å². The second kappa shape index (κ2) is 5.75. The molecule has 0 aromatic carbocycles. The molecule has 1 aromatic rings. The fourth-order valence-corrected chi connectivity index (χ4v) is 1.18. The van der Waals surface area contributed by atoms with E-state index in [1.165, 1.54) is 6.33 Å². The molecule has 0 aliphatic heterocycles. The topological polar surface area (TPSA) is 91.8 Å². The van der Waals surface area contributed by atoms with Crippen LogP contribution in [0.2, 0.25) is 0 Å². The summed E-state index contributed by atoms with van der Waals surface area (Å²) in [5.74, 6) is -0.594. The molecule has 0 saturated heterocycles. The van der Waals surface area contributed by atoms with E-state index in [0.29, 0.717) is 13.0 Å². The fraction of sp³-hybridized carbons (Fsp3) is 0.556. The van der Waals surface area contributed by atoms with Gasteiger partial charge in [-0.25, -0.2) is 4.98 Å². The molecule has 0 amide bonds. The van der Waals surface area contributed by atoms with Gasteiger partial charge in [-0.1, -0.05) is 6.42 Å². The number of rotatable bonds is 6. The van der Waals surface area contributed by atoms with Gasteiger partial charge in [0.15, 0.2) is 0 Å². The van der Waals surface area contributed by atoms with Crippen molar-refractivity contribution < 1.29 is 9.90 Å². The Morgan fingerprint density at radius 3 is 2.93 bits per heavy atom. The monoisotopic (exact) mass is 208 g/mol. The largest absolute Gasteiger partial charge is 0.481 e. The summed E-state index contributed by atoms with van der Waals surface area (Å²) in [6.07, 6.45) is 4.08. The van der Waals surface area contributed by atoms with Gasteiger partial charge in [-0.05, 0) is 12.8 Å². The van der Waals surface area contributed by atoms with Crippen molar-refractivity contribution in [1.82, 2.24) is 14.8 Å². The van der Waals surface area contributed by atoms with Crippen molar-refractivity contribution in [3.05, 3.63) is 12.2 Å². The standard InChI is InChI=1S/C9H12N4O2/c10-6-8-11-7-13(12-8)5-3-1-2-4-9(14)15/h7H,1-5H2,(H,14,15). The second-order valence-electron chi connectivity index (χ2n) is 3.15. The Balaban J connectivity index is 2.15. The van der Waals surface area contributed by atoms with Crippen molar-refractivity contribution in [1.29, 1.82) is 5.26 Å². The predicted octanol–water partition coefficient (Wildman–Crippen LogP) is 0.795. The number of aromatic nitrogens is 3. The average Bonchev–Trinajstić information content (AvgIpc) is 2.65. The number of aliphatic carboxylic acids is 1. The number of hydrogen-bond donors (Lipinski definition) is 1. The third-order valence-electron chi connectivity index (χ3n) is 1.91. The molecule has 1 aromatic heterocycles. The van der Waals surface area contributed by atoms with Gasteiger partial charge >= 0.3 is 5.97 Å². The number of hydrogen-bond acceptors (Lipinski definition) is 4. The summed E-state index contributed by atoms with van der Waals surface area (Å²) < 4.78 is 1.60. The summed E-state index contributed by atoms with van der Waals surface area (Å²) in [6.45, 7) is 0.675. The molecule has 80 valence electrons. The Kier molecular flexibility index (Phi) is 4.29. The number of nitrogens with zero attached hydrogens (tertiary/aromatic N) is 4. The zero-order valence-electron chi connectivity index (χ0n) is 8.26. The van der Waals surface area contributed by atoms with E-state index < -0.39 is 5.97 Å². The van der Waals surface area contributed by atoms with Crippen LogP contribution in [0.3, 0.4) is 0 Å². The number of aryl methyl sites for hydroxylation is 1. The minimum absolute atomic E-state index is 0.167. The van der Waals surface area contributed by atoms with Crippen LogP contribution in [0, 0.1) is 11.3 Å². The highest BCUT2D eigenvalue weighted by atomic mass is 16.4. The first-order valence-corrected chi connectivity index (χ1v) is 4.73. The van der Waals surface area contributed by atoms with E-state index in [1.54, 1.807) is 4.68 Å². The van der Waals surface area contributed by atoms with Gasteiger partial charge in [0.25, 0.3) is 5.82 Å². The van der Waals surface area contributed by atoms with Crippen LogP contribution in [0.25, 0.3) is 0 Å². The SMILES string of the molecule is N#Cc1ncn(CCCCCC(=O)O)n1. The van der Waals surface area contributed by atoms with Gasteiger partial charge < -0.3 is 5.11 Å². The summed E-state index contributed by atoms with van der Waals surface area (Å²) in [5.41, 5.74) is 0. The number of unbranched alkanes of at least 4 members (excludes halogenated alkanes) is 2. The first-order valence-electron chi connectivity index (χ1n) is 4.73.